The summed E-state index contributed by atoms with van der Waals surface area (Å²) in [5, 5.41) is 8.95. The second kappa shape index (κ2) is 10.2. The maximum Gasteiger partial charge on any atom is 0.573 e. The Morgan fingerprint density at radius 2 is 1.92 bits per heavy atom. The number of aliphatic carboxylic acids is 1. The summed E-state index contributed by atoms with van der Waals surface area (Å²) in [5.41, 5.74) is 7.57. The minimum absolute atomic E-state index is 0.0793. The number of fused-ring (bicyclic) bond motifs is 1. The third-order valence-electron chi connectivity index (χ3n) is 5.65. The Morgan fingerprint density at radius 1 is 1.19 bits per heavy atom. The van der Waals surface area contributed by atoms with Gasteiger partial charge in [0.05, 0.1) is 6.20 Å². The number of carboxylic acids is 1. The Hall–Kier alpha value is -4.61. The minimum atomic E-state index is -4.79. The van der Waals surface area contributed by atoms with E-state index >= 15 is 0 Å². The summed E-state index contributed by atoms with van der Waals surface area (Å²) >= 11 is 0. The van der Waals surface area contributed by atoms with Gasteiger partial charge in [-0.05, 0) is 54.0 Å². The van der Waals surface area contributed by atoms with Crippen molar-refractivity contribution < 1.29 is 41.8 Å². The number of oxazole rings is 1. The smallest absolute Gasteiger partial charge is 0.481 e. The van der Waals surface area contributed by atoms with Crippen LogP contribution in [0.15, 0.2) is 53.1 Å². The molecule has 3 aromatic rings. The summed E-state index contributed by atoms with van der Waals surface area (Å²) in [7, 11) is 0. The second-order valence-corrected chi connectivity index (χ2v) is 8.13. The molecule has 9 nitrogen and oxygen atoms in total. The molecule has 37 heavy (non-hydrogen) atoms. The molecule has 1 aliphatic heterocycles. The molecular formula is C25H20F3N3O6. The molecule has 0 radical (unpaired) electrons. The normalized spacial score (nSPS) is 14.1. The van der Waals surface area contributed by atoms with Gasteiger partial charge in [-0.25, -0.2) is 4.98 Å². The number of aromatic nitrogens is 1. The van der Waals surface area contributed by atoms with Crippen LogP contribution in [0.1, 0.15) is 40.1 Å². The van der Waals surface area contributed by atoms with Crippen LogP contribution in [0.5, 0.6) is 5.75 Å². The molecule has 2 amide bonds. The van der Waals surface area contributed by atoms with Crippen LogP contribution < -0.4 is 10.5 Å². The number of ether oxygens (including phenoxy) is 1. The molecular weight excluding hydrogens is 495 g/mol. The van der Waals surface area contributed by atoms with Crippen molar-refractivity contribution >= 4 is 29.9 Å². The van der Waals surface area contributed by atoms with Gasteiger partial charge >= 0.3 is 12.3 Å². The van der Waals surface area contributed by atoms with Crippen molar-refractivity contribution in [3.05, 3.63) is 71.1 Å². The molecule has 192 valence electrons. The lowest BCUT2D eigenvalue weighted by Crippen LogP contribution is -2.45. The van der Waals surface area contributed by atoms with Crippen LogP contribution in [-0.2, 0) is 16.1 Å². The van der Waals surface area contributed by atoms with Crippen molar-refractivity contribution in [1.29, 1.82) is 0 Å². The van der Waals surface area contributed by atoms with Gasteiger partial charge in [0.15, 0.2) is 0 Å². The first-order chi connectivity index (χ1) is 17.5. The summed E-state index contributed by atoms with van der Waals surface area (Å²) in [6.45, 7) is 0.0793. The van der Waals surface area contributed by atoms with Crippen molar-refractivity contribution in [3.8, 4) is 17.2 Å². The first-order valence-electron chi connectivity index (χ1n) is 11.0. The van der Waals surface area contributed by atoms with Crippen LogP contribution in [-0.4, -0.2) is 45.2 Å². The number of amides is 2. The zero-order valence-electron chi connectivity index (χ0n) is 19.1. The second-order valence-electron chi connectivity index (χ2n) is 8.13. The highest BCUT2D eigenvalue weighted by molar-refractivity contribution is 6.02. The van der Waals surface area contributed by atoms with Crippen molar-refractivity contribution in [2.24, 2.45) is 5.73 Å². The number of nitrogens with zero attached hydrogens (tertiary/aromatic N) is 2. The molecule has 0 saturated heterocycles. The van der Waals surface area contributed by atoms with E-state index in [0.717, 1.165) is 12.1 Å². The Labute approximate surface area is 208 Å². The van der Waals surface area contributed by atoms with Gasteiger partial charge in [-0.2, -0.15) is 0 Å². The lowest BCUT2D eigenvalue weighted by atomic mass is 10.0. The summed E-state index contributed by atoms with van der Waals surface area (Å²) in [6.07, 6.45) is -0.471. The van der Waals surface area contributed by atoms with E-state index in [4.69, 9.17) is 15.3 Å². The van der Waals surface area contributed by atoms with E-state index in [1.807, 2.05) is 0 Å². The summed E-state index contributed by atoms with van der Waals surface area (Å²) < 4.78 is 46.5. The molecule has 2 aromatic carbocycles. The standard InChI is InChI=1S/C25H20F3N3O6/c26-25(27,28)37-16-7-5-15(6-8-16)23-30-12-17(36-23)9-4-14-2-1-3-18-19(14)13-31(24(18)35)20(22(29)34)10-11-21(32)33/h1-9,12,20H,10-11,13H2,(H2,29,34)(H,32,33). The number of nitrogens with two attached hydrogens (primary N) is 1. The van der Waals surface area contributed by atoms with Crippen LogP contribution in [0.25, 0.3) is 23.6 Å². The fourth-order valence-electron chi connectivity index (χ4n) is 3.97. The van der Waals surface area contributed by atoms with Gasteiger partial charge in [-0.1, -0.05) is 18.2 Å². The average molecular weight is 515 g/mol. The number of hydrogen-bond donors (Lipinski definition) is 2. The molecule has 12 heteroatoms. The number of rotatable bonds is 9. The van der Waals surface area contributed by atoms with E-state index < -0.39 is 30.2 Å². The first-order valence-corrected chi connectivity index (χ1v) is 11.0. The van der Waals surface area contributed by atoms with Crippen molar-refractivity contribution in [1.82, 2.24) is 9.88 Å². The fourth-order valence-corrected chi connectivity index (χ4v) is 3.97. The van der Waals surface area contributed by atoms with Gasteiger partial charge in [0.25, 0.3) is 5.91 Å². The number of alkyl halides is 3. The predicted octanol–water partition coefficient (Wildman–Crippen LogP) is 4.09. The van der Waals surface area contributed by atoms with Crippen molar-refractivity contribution in [2.75, 3.05) is 0 Å². The van der Waals surface area contributed by atoms with Gasteiger partial charge in [-0.15, -0.1) is 13.2 Å². The molecule has 4 rings (SSSR count). The third-order valence-corrected chi connectivity index (χ3v) is 5.65. The number of carboxylic acid groups (broad SMARTS) is 1. The van der Waals surface area contributed by atoms with Crippen LogP contribution >= 0.6 is 0 Å². The lowest BCUT2D eigenvalue weighted by Gasteiger charge is -2.24. The maximum absolute atomic E-state index is 12.9. The first kappa shape index (κ1) is 25.5. The summed E-state index contributed by atoms with van der Waals surface area (Å²) in [6, 6.07) is 9.05. The van der Waals surface area contributed by atoms with Gasteiger partial charge < -0.3 is 24.9 Å². The highest BCUT2D eigenvalue weighted by Crippen LogP contribution is 2.31. The Balaban J connectivity index is 1.50. The molecule has 0 bridgehead atoms. The summed E-state index contributed by atoms with van der Waals surface area (Å²) in [4.78, 5) is 41.2. The average Bonchev–Trinajstić information content (AvgIpc) is 3.42. The van der Waals surface area contributed by atoms with Gasteiger partial charge in [0.1, 0.15) is 17.6 Å². The third kappa shape index (κ3) is 5.97. The van der Waals surface area contributed by atoms with Crippen LogP contribution in [0.4, 0.5) is 13.2 Å². The summed E-state index contributed by atoms with van der Waals surface area (Å²) in [5.74, 6) is -2.14. The lowest BCUT2D eigenvalue weighted by molar-refractivity contribution is -0.274. The molecule has 1 aliphatic rings. The van der Waals surface area contributed by atoms with Crippen molar-refractivity contribution in [2.45, 2.75) is 31.8 Å². The highest BCUT2D eigenvalue weighted by atomic mass is 19.4. The van der Waals surface area contributed by atoms with Gasteiger partial charge in [0.2, 0.25) is 11.8 Å². The zero-order chi connectivity index (χ0) is 26.7. The number of carbonyl (C=O) groups is 3. The highest BCUT2D eigenvalue weighted by Gasteiger charge is 2.36. The van der Waals surface area contributed by atoms with Gasteiger partial charge in [0, 0.05) is 24.1 Å². The van der Waals surface area contributed by atoms with Crippen molar-refractivity contribution in [3.63, 3.8) is 0 Å². The molecule has 0 spiro atoms. The molecule has 0 fully saturated rings. The number of halogens is 3. The zero-order valence-corrected chi connectivity index (χ0v) is 19.1. The number of hydrogen-bond acceptors (Lipinski definition) is 6. The van der Waals surface area contributed by atoms with Crippen LogP contribution in [0.3, 0.4) is 0 Å². The number of benzene rings is 2. The number of carbonyl (C=O) groups excluding carboxylic acids is 2. The minimum Gasteiger partial charge on any atom is -0.481 e. The Kier molecular flexibility index (Phi) is 7.00. The Morgan fingerprint density at radius 3 is 2.57 bits per heavy atom. The van der Waals surface area contributed by atoms with E-state index in [-0.39, 0.29) is 31.0 Å². The SMILES string of the molecule is NC(=O)C(CCC(=O)O)N1Cc2c(C=Cc3cnc(-c4ccc(OC(F)(F)F)cc4)o3)cccc2C1=O. The van der Waals surface area contributed by atoms with E-state index in [2.05, 4.69) is 9.72 Å². The van der Waals surface area contributed by atoms with E-state index in [1.165, 1.54) is 23.2 Å². The largest absolute Gasteiger partial charge is 0.573 e. The predicted molar refractivity (Wildman–Crippen MR) is 124 cm³/mol. The monoisotopic (exact) mass is 515 g/mol. The van der Waals surface area contributed by atoms with Gasteiger partial charge in [-0.3, -0.25) is 14.4 Å². The van der Waals surface area contributed by atoms with E-state index in [9.17, 15) is 27.6 Å². The van der Waals surface area contributed by atoms with E-state index in [1.54, 1.807) is 30.4 Å². The molecule has 0 aliphatic carbocycles. The van der Waals surface area contributed by atoms with E-state index in [0.29, 0.717) is 28.0 Å². The molecule has 2 heterocycles. The number of primary amides is 1. The molecule has 0 saturated carbocycles. The Bertz CT molecular complexity index is 1360. The maximum atomic E-state index is 12.9. The molecule has 1 aromatic heterocycles. The fraction of sp³-hybridized carbons (Fsp3) is 0.200. The van der Waals surface area contributed by atoms with Crippen LogP contribution in [0.2, 0.25) is 0 Å². The quantitative estimate of drug-likeness (QED) is 0.438. The molecule has 1 unspecified atom stereocenters. The van der Waals surface area contributed by atoms with Crippen LogP contribution in [0, 0.1) is 0 Å². The topological polar surface area (TPSA) is 136 Å². The molecule has 3 N–H and O–H groups in total. The molecule has 1 atom stereocenters.